The van der Waals surface area contributed by atoms with E-state index in [1.165, 1.54) is 43.0 Å². The number of benzene rings is 5. The van der Waals surface area contributed by atoms with Gasteiger partial charge in [0.15, 0.2) is 0 Å². The van der Waals surface area contributed by atoms with E-state index in [0.717, 1.165) is 5.46 Å². The number of fused-ring (bicyclic) bond motifs is 3. The molecule has 0 spiro atoms. The van der Waals surface area contributed by atoms with Crippen molar-refractivity contribution in [1.29, 1.82) is 0 Å². The lowest BCUT2D eigenvalue weighted by Gasteiger charge is -2.44. The summed E-state index contributed by atoms with van der Waals surface area (Å²) in [5.74, 6) is 0. The van der Waals surface area contributed by atoms with Gasteiger partial charge in [-0.1, -0.05) is 132 Å². The molecule has 6 rings (SSSR count). The summed E-state index contributed by atoms with van der Waals surface area (Å²) < 4.78 is 6.36. The molecule has 1 radical (unpaired) electrons. The van der Waals surface area contributed by atoms with E-state index >= 15 is 0 Å². The molecule has 1 N–H and O–H groups in total. The van der Waals surface area contributed by atoms with Crippen LogP contribution in [0.5, 0.6) is 0 Å². The lowest BCUT2D eigenvalue weighted by molar-refractivity contribution is -0.0893. The third-order valence-electron chi connectivity index (χ3n) is 8.67. The van der Waals surface area contributed by atoms with Crippen LogP contribution >= 0.6 is 0 Å². The Balaban J connectivity index is 1.64. The van der Waals surface area contributed by atoms with Crippen LogP contribution in [-0.2, 0) is 4.65 Å². The molecule has 0 aromatic heterocycles. The molecule has 0 aliphatic carbocycles. The van der Waals surface area contributed by atoms with Crippen molar-refractivity contribution in [2.45, 2.75) is 38.9 Å². The molecule has 0 saturated heterocycles. The summed E-state index contributed by atoms with van der Waals surface area (Å²) in [4.78, 5) is 0. The fraction of sp³-hybridized carbons (Fsp3) is 0.167. The SMILES string of the molecule is CC(C)(O)C(C)(C)O[B]c1cccc2c1-c1cc(-c3ccccc3)ccc1[Si-]2(c1ccccc1)c1ccccc1. The summed E-state index contributed by atoms with van der Waals surface area (Å²) >= 11 is 0. The van der Waals surface area contributed by atoms with Crippen molar-refractivity contribution >= 4 is 41.8 Å². The maximum absolute atomic E-state index is 10.8. The molecular weight excluding hydrogens is 503 g/mol. The van der Waals surface area contributed by atoms with Crippen LogP contribution in [0.4, 0.5) is 0 Å². The number of rotatable bonds is 7. The van der Waals surface area contributed by atoms with E-state index in [9.17, 15) is 5.11 Å². The first-order valence-electron chi connectivity index (χ1n) is 13.9. The van der Waals surface area contributed by atoms with E-state index in [2.05, 4.69) is 127 Å². The molecule has 2 nitrogen and oxygen atoms in total. The second-order valence-corrected chi connectivity index (χ2v) is 15.4. The van der Waals surface area contributed by atoms with Crippen LogP contribution in [0, 0.1) is 0 Å². The van der Waals surface area contributed by atoms with Crippen LogP contribution in [0.1, 0.15) is 27.7 Å². The zero-order valence-corrected chi connectivity index (χ0v) is 24.6. The minimum atomic E-state index is -2.62. The first-order valence-corrected chi connectivity index (χ1v) is 15.9. The van der Waals surface area contributed by atoms with Gasteiger partial charge in [-0.2, -0.15) is 20.7 Å². The van der Waals surface area contributed by atoms with Crippen molar-refractivity contribution in [2.75, 3.05) is 0 Å². The second kappa shape index (κ2) is 10.0. The standard InChI is InChI=1S/C36H34BO2Si/c1-35(2,38)36(3,4)39-37-31-21-14-22-33-34(31)30-25-27(26-15-8-5-9-16-26)23-24-32(30)40(33,28-17-10-6-11-18-28)29-19-12-7-13-20-29/h5-25,38H,1-4H3/q-1. The van der Waals surface area contributed by atoms with Crippen molar-refractivity contribution < 1.29 is 9.76 Å². The molecule has 40 heavy (non-hydrogen) atoms. The zero-order chi connectivity index (χ0) is 28.0. The van der Waals surface area contributed by atoms with E-state index in [1.54, 1.807) is 13.8 Å². The Morgan fingerprint density at radius 3 is 1.75 bits per heavy atom. The zero-order valence-electron chi connectivity index (χ0n) is 23.6. The Morgan fingerprint density at radius 1 is 0.600 bits per heavy atom. The number of aliphatic hydroxyl groups is 1. The van der Waals surface area contributed by atoms with Crippen molar-refractivity contribution in [2.24, 2.45) is 0 Å². The maximum Gasteiger partial charge on any atom is 0.331 e. The van der Waals surface area contributed by atoms with Gasteiger partial charge in [0.05, 0.1) is 11.2 Å². The predicted octanol–water partition coefficient (Wildman–Crippen LogP) is 4.52. The van der Waals surface area contributed by atoms with Gasteiger partial charge in [0.25, 0.3) is 0 Å². The molecule has 4 heteroatoms. The fourth-order valence-corrected chi connectivity index (χ4v) is 11.0. The van der Waals surface area contributed by atoms with Gasteiger partial charge in [0, 0.05) is 0 Å². The monoisotopic (exact) mass is 537 g/mol. The molecule has 198 valence electrons. The van der Waals surface area contributed by atoms with Crippen LogP contribution in [0.15, 0.2) is 127 Å². The van der Waals surface area contributed by atoms with Crippen molar-refractivity contribution in [3.63, 3.8) is 0 Å². The maximum atomic E-state index is 10.8. The summed E-state index contributed by atoms with van der Waals surface area (Å²) in [6.45, 7) is 7.45. The topological polar surface area (TPSA) is 29.5 Å². The summed E-state index contributed by atoms with van der Waals surface area (Å²) in [6.07, 6.45) is 0. The van der Waals surface area contributed by atoms with Gasteiger partial charge in [-0.05, 0) is 58.4 Å². The lowest BCUT2D eigenvalue weighted by atomic mass is 9.78. The van der Waals surface area contributed by atoms with Gasteiger partial charge >= 0.3 is 7.48 Å². The quantitative estimate of drug-likeness (QED) is 0.304. The molecule has 5 aromatic carbocycles. The van der Waals surface area contributed by atoms with Crippen LogP contribution in [0.2, 0.25) is 0 Å². The van der Waals surface area contributed by atoms with E-state index in [0.29, 0.717) is 0 Å². The molecule has 0 bridgehead atoms. The summed E-state index contributed by atoms with van der Waals surface area (Å²) in [5, 5.41) is 16.3. The molecule has 0 unspecified atom stereocenters. The van der Waals surface area contributed by atoms with Crippen LogP contribution < -0.4 is 26.2 Å². The van der Waals surface area contributed by atoms with Gasteiger partial charge in [-0.3, -0.25) is 0 Å². The molecule has 1 heterocycles. The minimum absolute atomic E-state index is 0.767. The van der Waals surface area contributed by atoms with E-state index < -0.39 is 19.3 Å². The Labute approximate surface area is 239 Å². The summed E-state index contributed by atoms with van der Waals surface area (Å²) in [6, 6.07) is 46.3. The highest BCUT2D eigenvalue weighted by molar-refractivity contribution is 7.22. The smallest absolute Gasteiger partial charge is 0.331 e. The van der Waals surface area contributed by atoms with Crippen LogP contribution in [-0.4, -0.2) is 31.9 Å². The van der Waals surface area contributed by atoms with Gasteiger partial charge in [0.1, 0.15) is 0 Å². The van der Waals surface area contributed by atoms with Crippen molar-refractivity contribution in [1.82, 2.24) is 0 Å². The third kappa shape index (κ3) is 4.28. The average Bonchev–Trinajstić information content (AvgIpc) is 3.28. The molecule has 0 fully saturated rings. The van der Waals surface area contributed by atoms with Crippen molar-refractivity contribution in [3.05, 3.63) is 127 Å². The Kier molecular flexibility index (Phi) is 6.66. The van der Waals surface area contributed by atoms with E-state index in [1.807, 2.05) is 21.3 Å². The highest BCUT2D eigenvalue weighted by Gasteiger charge is 2.39. The molecule has 0 amide bonds. The van der Waals surface area contributed by atoms with Crippen LogP contribution in [0.25, 0.3) is 22.3 Å². The number of hydrogen-bond donors (Lipinski definition) is 1. The molecule has 1 aliphatic heterocycles. The Hall–Kier alpha value is -3.70. The third-order valence-corrected chi connectivity index (χ3v) is 13.5. The van der Waals surface area contributed by atoms with E-state index in [-0.39, 0.29) is 0 Å². The van der Waals surface area contributed by atoms with Gasteiger partial charge in [0.2, 0.25) is 0 Å². The average molecular weight is 538 g/mol. The highest BCUT2D eigenvalue weighted by Crippen LogP contribution is 2.32. The summed E-state index contributed by atoms with van der Waals surface area (Å²) in [7, 11) is -0.760. The first kappa shape index (κ1) is 26.5. The molecule has 0 saturated carbocycles. The normalized spacial score (nSPS) is 13.9. The van der Waals surface area contributed by atoms with Gasteiger partial charge in [-0.15, -0.1) is 0 Å². The van der Waals surface area contributed by atoms with Gasteiger partial charge in [-0.25, -0.2) is 0 Å². The molecule has 5 aromatic rings. The second-order valence-electron chi connectivity index (χ2n) is 11.7. The highest BCUT2D eigenvalue weighted by atomic mass is 28.3. The van der Waals surface area contributed by atoms with Crippen LogP contribution in [0.3, 0.4) is 0 Å². The summed E-state index contributed by atoms with van der Waals surface area (Å²) in [5.41, 5.74) is 4.13. The van der Waals surface area contributed by atoms with Crippen molar-refractivity contribution in [3.8, 4) is 22.3 Å². The number of hydrogen-bond acceptors (Lipinski definition) is 2. The predicted molar refractivity (Wildman–Crippen MR) is 171 cm³/mol. The Morgan fingerprint density at radius 2 is 1.18 bits per heavy atom. The molecule has 1 aliphatic rings. The fourth-order valence-electron chi connectivity index (χ4n) is 5.83. The van der Waals surface area contributed by atoms with E-state index in [4.69, 9.17) is 4.65 Å². The molecular formula is C36H34BO2Si-. The molecule has 0 atom stereocenters. The minimum Gasteiger partial charge on any atom is -0.427 e. The lowest BCUT2D eigenvalue weighted by Crippen LogP contribution is -2.73. The first-order chi connectivity index (χ1) is 19.2. The Bertz CT molecular complexity index is 1600. The van der Waals surface area contributed by atoms with Gasteiger partial charge < -0.3 is 9.76 Å². The largest absolute Gasteiger partial charge is 0.427 e.